The van der Waals surface area contributed by atoms with Gasteiger partial charge in [0.15, 0.2) is 5.82 Å². The third-order valence-electron chi connectivity index (χ3n) is 7.00. The first-order valence-corrected chi connectivity index (χ1v) is 14.2. The Morgan fingerprint density at radius 1 is 1.00 bits per heavy atom. The van der Waals surface area contributed by atoms with Crippen LogP contribution in [0, 0.1) is 6.92 Å². The summed E-state index contributed by atoms with van der Waals surface area (Å²) in [5.41, 5.74) is 3.09. The monoisotopic (exact) mass is 549 g/mol. The minimum Gasteiger partial charge on any atom is -0.494 e. The average molecular weight is 550 g/mol. The van der Waals surface area contributed by atoms with Crippen LogP contribution in [0.15, 0.2) is 49.1 Å². The highest BCUT2D eigenvalue weighted by atomic mass is 32.2. The molecule has 0 saturated heterocycles. The number of methoxy groups -OCH3 is 2. The van der Waals surface area contributed by atoms with Gasteiger partial charge in [0.2, 0.25) is 16.0 Å². The number of rotatable bonds is 10. The van der Waals surface area contributed by atoms with Crippen LogP contribution in [0.25, 0.3) is 17.1 Å². The maximum Gasteiger partial charge on any atom is 0.243 e. The summed E-state index contributed by atoms with van der Waals surface area (Å²) in [5.74, 6) is 1.76. The lowest BCUT2D eigenvalue weighted by Crippen LogP contribution is -2.31. The Balaban J connectivity index is 1.55. The molecular weight excluding hydrogens is 518 g/mol. The Kier molecular flexibility index (Phi) is 7.21. The van der Waals surface area contributed by atoms with Crippen molar-refractivity contribution in [2.24, 2.45) is 0 Å². The number of para-hydroxylation sites is 1. The molecule has 0 spiro atoms. The SMILES string of the molecule is COc1cccc(OC)c1-n1c(NS(=O)(=O)[C@@H](C)[C@H](C)c2ncc(C3CC3)cn2)nnc1-c1cncc(C)c1. The number of hydrogen-bond donors (Lipinski definition) is 1. The summed E-state index contributed by atoms with van der Waals surface area (Å²) in [6.45, 7) is 5.33. The summed E-state index contributed by atoms with van der Waals surface area (Å²) in [5, 5.41) is 7.71. The average Bonchev–Trinajstić information content (AvgIpc) is 3.72. The number of sulfonamides is 1. The van der Waals surface area contributed by atoms with Gasteiger partial charge >= 0.3 is 0 Å². The summed E-state index contributed by atoms with van der Waals surface area (Å²) in [7, 11) is -0.919. The van der Waals surface area contributed by atoms with Crippen LogP contribution in [-0.4, -0.2) is 57.6 Å². The lowest BCUT2D eigenvalue weighted by atomic mass is 10.1. The lowest BCUT2D eigenvalue weighted by Gasteiger charge is -2.21. The van der Waals surface area contributed by atoms with Gasteiger partial charge in [0.05, 0.1) is 19.5 Å². The zero-order valence-electron chi connectivity index (χ0n) is 22.5. The van der Waals surface area contributed by atoms with E-state index in [1.165, 1.54) is 14.2 Å². The molecule has 5 rings (SSSR count). The fourth-order valence-electron chi connectivity index (χ4n) is 4.39. The molecule has 4 aromatic rings. The van der Waals surface area contributed by atoms with E-state index >= 15 is 0 Å². The number of aryl methyl sites for hydroxylation is 1. The van der Waals surface area contributed by atoms with E-state index in [9.17, 15) is 8.42 Å². The minimum absolute atomic E-state index is 0.0154. The van der Waals surface area contributed by atoms with E-state index in [0.29, 0.717) is 40.3 Å². The van der Waals surface area contributed by atoms with E-state index in [1.807, 2.05) is 13.0 Å². The van der Waals surface area contributed by atoms with Crippen LogP contribution in [0.2, 0.25) is 0 Å². The van der Waals surface area contributed by atoms with Gasteiger partial charge in [-0.3, -0.25) is 14.3 Å². The van der Waals surface area contributed by atoms with E-state index in [-0.39, 0.29) is 5.95 Å². The van der Waals surface area contributed by atoms with Crippen LogP contribution in [0.3, 0.4) is 0 Å². The van der Waals surface area contributed by atoms with Crippen molar-refractivity contribution in [3.05, 3.63) is 66.0 Å². The minimum atomic E-state index is -3.97. The van der Waals surface area contributed by atoms with E-state index in [0.717, 1.165) is 24.0 Å². The van der Waals surface area contributed by atoms with Crippen molar-refractivity contribution in [1.82, 2.24) is 29.7 Å². The molecule has 0 aliphatic heterocycles. The molecule has 39 heavy (non-hydrogen) atoms. The summed E-state index contributed by atoms with van der Waals surface area (Å²) in [6.07, 6.45) is 9.25. The highest BCUT2D eigenvalue weighted by Crippen LogP contribution is 2.40. The lowest BCUT2D eigenvalue weighted by molar-refractivity contribution is 0.391. The molecule has 0 unspecified atom stereocenters. The second kappa shape index (κ2) is 10.6. The number of anilines is 1. The van der Waals surface area contributed by atoms with Gasteiger partial charge in [-0.15, -0.1) is 10.2 Å². The molecule has 1 N–H and O–H groups in total. The van der Waals surface area contributed by atoms with E-state index in [4.69, 9.17) is 9.47 Å². The smallest absolute Gasteiger partial charge is 0.243 e. The summed E-state index contributed by atoms with van der Waals surface area (Å²) < 4.78 is 42.8. The van der Waals surface area contributed by atoms with Gasteiger partial charge in [-0.05, 0) is 61.9 Å². The summed E-state index contributed by atoms with van der Waals surface area (Å²) >= 11 is 0. The van der Waals surface area contributed by atoms with Crippen molar-refractivity contribution in [2.45, 2.75) is 50.7 Å². The van der Waals surface area contributed by atoms with Crippen molar-refractivity contribution >= 4 is 16.0 Å². The first-order valence-electron chi connectivity index (χ1n) is 12.7. The first-order chi connectivity index (χ1) is 18.7. The molecule has 0 amide bonds. The van der Waals surface area contributed by atoms with Crippen molar-refractivity contribution in [3.63, 3.8) is 0 Å². The predicted octanol–water partition coefficient (Wildman–Crippen LogP) is 4.26. The number of nitrogens with one attached hydrogen (secondary N) is 1. The van der Waals surface area contributed by atoms with E-state index < -0.39 is 21.2 Å². The second-order valence-corrected chi connectivity index (χ2v) is 11.8. The molecule has 204 valence electrons. The Bertz CT molecular complexity index is 1560. The van der Waals surface area contributed by atoms with Crippen LogP contribution in [-0.2, 0) is 10.0 Å². The molecule has 1 aliphatic rings. The fraction of sp³-hybridized carbons (Fsp3) is 0.370. The zero-order valence-corrected chi connectivity index (χ0v) is 23.3. The molecule has 2 atom stereocenters. The second-order valence-electron chi connectivity index (χ2n) is 9.73. The number of ether oxygens (including phenoxy) is 2. The third kappa shape index (κ3) is 5.29. The molecule has 0 bridgehead atoms. The molecule has 1 fully saturated rings. The van der Waals surface area contributed by atoms with Crippen molar-refractivity contribution < 1.29 is 17.9 Å². The molecule has 12 heteroatoms. The number of nitrogens with zero attached hydrogens (tertiary/aromatic N) is 6. The first kappa shape index (κ1) is 26.5. The van der Waals surface area contributed by atoms with Crippen molar-refractivity contribution in [1.29, 1.82) is 0 Å². The largest absolute Gasteiger partial charge is 0.494 e. The molecule has 1 saturated carbocycles. The molecule has 1 aromatic carbocycles. The molecule has 11 nitrogen and oxygen atoms in total. The third-order valence-corrected chi connectivity index (χ3v) is 8.85. The van der Waals surface area contributed by atoms with Crippen LogP contribution in [0.1, 0.15) is 55.5 Å². The van der Waals surface area contributed by atoms with Gasteiger partial charge in [0, 0.05) is 36.3 Å². The maximum atomic E-state index is 13.7. The Morgan fingerprint density at radius 3 is 2.26 bits per heavy atom. The number of pyridine rings is 1. The van der Waals surface area contributed by atoms with Crippen molar-refractivity contribution in [3.8, 4) is 28.6 Å². The van der Waals surface area contributed by atoms with Gasteiger partial charge in [-0.25, -0.2) is 18.4 Å². The fourth-order valence-corrected chi connectivity index (χ4v) is 5.62. The molecule has 1 aliphatic carbocycles. The summed E-state index contributed by atoms with van der Waals surface area (Å²) in [4.78, 5) is 13.2. The van der Waals surface area contributed by atoms with Crippen LogP contribution >= 0.6 is 0 Å². The standard InChI is InChI=1S/C27H31N7O4S/c1-16-11-20(13-28-12-16)26-31-32-27(34(26)24-22(37-4)7-6-8-23(24)38-5)33-39(35,36)18(3)17(2)25-29-14-21(15-30-25)19-9-10-19/h6-8,11-15,17-19H,9-10H2,1-5H3,(H,32,33)/t17-,18-/m0/s1. The van der Waals surface area contributed by atoms with Crippen LogP contribution in [0.5, 0.6) is 11.5 Å². The van der Waals surface area contributed by atoms with E-state index in [2.05, 4.69) is 29.9 Å². The van der Waals surface area contributed by atoms with Crippen LogP contribution in [0.4, 0.5) is 5.95 Å². The Labute approximate surface area is 227 Å². The van der Waals surface area contributed by atoms with E-state index in [1.54, 1.807) is 61.4 Å². The highest BCUT2D eigenvalue weighted by molar-refractivity contribution is 7.93. The predicted molar refractivity (Wildman–Crippen MR) is 147 cm³/mol. The van der Waals surface area contributed by atoms with Gasteiger partial charge in [0.1, 0.15) is 23.0 Å². The molecular formula is C27H31N7O4S. The number of aromatic nitrogens is 6. The number of benzene rings is 1. The van der Waals surface area contributed by atoms with Crippen molar-refractivity contribution in [2.75, 3.05) is 18.9 Å². The quantitative estimate of drug-likeness (QED) is 0.308. The van der Waals surface area contributed by atoms with Gasteiger partial charge in [-0.1, -0.05) is 13.0 Å². The molecule has 3 heterocycles. The molecule has 3 aromatic heterocycles. The topological polar surface area (TPSA) is 134 Å². The highest BCUT2D eigenvalue weighted by Gasteiger charge is 2.33. The zero-order chi connectivity index (χ0) is 27.7. The molecule has 0 radical (unpaired) electrons. The summed E-state index contributed by atoms with van der Waals surface area (Å²) in [6, 6.07) is 7.17. The van der Waals surface area contributed by atoms with Gasteiger partial charge in [0.25, 0.3) is 0 Å². The normalized spacial score (nSPS) is 15.0. The Hall–Kier alpha value is -4.06. The maximum absolute atomic E-state index is 13.7. The van der Waals surface area contributed by atoms with Gasteiger partial charge < -0.3 is 9.47 Å². The number of hydrogen-bond acceptors (Lipinski definition) is 9. The van der Waals surface area contributed by atoms with Crippen LogP contribution < -0.4 is 14.2 Å². The van der Waals surface area contributed by atoms with Gasteiger partial charge in [-0.2, -0.15) is 0 Å². The Morgan fingerprint density at radius 2 is 1.67 bits per heavy atom.